The number of halogens is 1. The number of rotatable bonds is 20. The quantitative estimate of drug-likeness (QED) is 0.0252. The van der Waals surface area contributed by atoms with E-state index in [2.05, 4.69) is 47.0 Å². The summed E-state index contributed by atoms with van der Waals surface area (Å²) in [6, 6.07) is 82.7. The zero-order valence-corrected chi connectivity index (χ0v) is 46.7. The fourth-order valence-electron chi connectivity index (χ4n) is 10.8. The monoisotopic (exact) mass is 1140 g/mol. The van der Waals surface area contributed by atoms with E-state index in [-0.39, 0.29) is 35.2 Å². The van der Waals surface area contributed by atoms with Gasteiger partial charge in [-0.3, -0.25) is 14.5 Å². The molecule has 1 aromatic heterocycles. The number of aromatic nitrogens is 1. The van der Waals surface area contributed by atoms with Gasteiger partial charge in [0, 0.05) is 33.4 Å². The SMILES string of the molecule is O=C(NC1C(=O)N2C(C(=O)OC(c3ccccc3)c3ccccc3)=C(COc3ccccc3F)CS[C@@H]12)C(=NOC(c1ccccc1)(c1ccccc1)c1ccccc1)c1csc(NC(c2ccccc2)(c2ccccc2)c2ccccc2)n1. The highest BCUT2D eigenvalue weighted by molar-refractivity contribution is 8.00. The Morgan fingerprint density at radius 3 is 1.52 bits per heavy atom. The lowest BCUT2D eigenvalue weighted by Crippen LogP contribution is -2.71. The zero-order chi connectivity index (χ0) is 57.3. The molecule has 1 fully saturated rings. The first-order valence-corrected chi connectivity index (χ1v) is 29.2. The van der Waals surface area contributed by atoms with Crippen LogP contribution < -0.4 is 15.4 Å². The molecule has 11 nitrogen and oxygen atoms in total. The molecule has 0 spiro atoms. The highest BCUT2D eigenvalue weighted by atomic mass is 32.2. The molecule has 2 atom stereocenters. The van der Waals surface area contributed by atoms with Gasteiger partial charge in [0.1, 0.15) is 35.0 Å². The van der Waals surface area contributed by atoms with Crippen molar-refractivity contribution in [1.82, 2.24) is 15.2 Å². The summed E-state index contributed by atoms with van der Waals surface area (Å²) < 4.78 is 27.4. The molecule has 12 rings (SSSR count). The van der Waals surface area contributed by atoms with E-state index >= 15 is 14.0 Å². The van der Waals surface area contributed by atoms with Crippen LogP contribution in [0.1, 0.15) is 56.3 Å². The van der Waals surface area contributed by atoms with Crippen LogP contribution in [0.4, 0.5) is 9.52 Å². The van der Waals surface area contributed by atoms with Crippen LogP contribution in [-0.2, 0) is 35.1 Å². The molecular formula is C70H54FN5O6S2. The Hall–Kier alpha value is -9.89. The van der Waals surface area contributed by atoms with E-state index in [4.69, 9.17) is 24.5 Å². The topological polar surface area (TPSA) is 131 Å². The number of thiazole rings is 1. The lowest BCUT2D eigenvalue weighted by Gasteiger charge is -2.49. The van der Waals surface area contributed by atoms with Crippen LogP contribution in [0.2, 0.25) is 0 Å². The van der Waals surface area contributed by atoms with Crippen molar-refractivity contribution in [3.63, 3.8) is 0 Å². The molecule has 84 heavy (non-hydrogen) atoms. The summed E-state index contributed by atoms with van der Waals surface area (Å²) in [5, 5.41) is 13.1. The number of para-hydroxylation sites is 1. The summed E-state index contributed by atoms with van der Waals surface area (Å²) in [6.45, 7) is -0.229. The Bertz CT molecular complexity index is 3730. The van der Waals surface area contributed by atoms with Crippen molar-refractivity contribution >= 4 is 51.7 Å². The minimum atomic E-state index is -1.41. The molecule has 414 valence electrons. The Morgan fingerprint density at radius 1 is 0.607 bits per heavy atom. The summed E-state index contributed by atoms with van der Waals surface area (Å²) in [5.74, 6) is -2.57. The molecule has 0 bridgehead atoms. The van der Waals surface area contributed by atoms with Crippen LogP contribution in [0.5, 0.6) is 5.75 Å². The summed E-state index contributed by atoms with van der Waals surface area (Å²) >= 11 is 2.61. The third-order valence-corrected chi connectivity index (χ3v) is 17.0. The fourth-order valence-corrected chi connectivity index (χ4v) is 12.9. The molecule has 2 aliphatic heterocycles. The molecule has 3 heterocycles. The van der Waals surface area contributed by atoms with E-state index in [0.29, 0.717) is 21.8 Å². The lowest BCUT2D eigenvalue weighted by molar-refractivity contribution is -0.154. The second-order valence-corrected chi connectivity index (χ2v) is 21.9. The van der Waals surface area contributed by atoms with Gasteiger partial charge in [-0.05, 0) is 39.9 Å². The van der Waals surface area contributed by atoms with Crippen molar-refractivity contribution in [3.8, 4) is 5.75 Å². The number of anilines is 1. The maximum atomic E-state index is 15.6. The number of carbonyl (C=O) groups is 3. The van der Waals surface area contributed by atoms with Crippen molar-refractivity contribution < 1.29 is 33.1 Å². The molecule has 0 saturated carbocycles. The number of fused-ring (bicyclic) bond motifs is 1. The Balaban J connectivity index is 0.935. The Kier molecular flexibility index (Phi) is 16.1. The third kappa shape index (κ3) is 10.9. The number of nitrogens with one attached hydrogen (secondary N) is 2. The van der Waals surface area contributed by atoms with Gasteiger partial charge < -0.3 is 24.9 Å². The Labute approximate surface area is 494 Å². The van der Waals surface area contributed by atoms with E-state index in [1.807, 2.05) is 206 Å². The number of nitrogens with zero attached hydrogens (tertiary/aromatic N) is 3. The van der Waals surface area contributed by atoms with Crippen molar-refractivity contribution in [3.05, 3.63) is 340 Å². The minimum Gasteiger partial charge on any atom is -0.486 e. The van der Waals surface area contributed by atoms with Gasteiger partial charge in [0.15, 0.2) is 28.5 Å². The summed E-state index contributed by atoms with van der Waals surface area (Å²) in [6.07, 6.45) is -0.856. The van der Waals surface area contributed by atoms with Crippen LogP contribution in [0, 0.1) is 5.82 Å². The Morgan fingerprint density at radius 2 is 1.05 bits per heavy atom. The first-order chi connectivity index (χ1) is 41.3. The second-order valence-electron chi connectivity index (χ2n) is 20.0. The first-order valence-electron chi connectivity index (χ1n) is 27.3. The molecule has 14 heteroatoms. The number of benzene rings is 9. The molecule has 2 aliphatic rings. The highest BCUT2D eigenvalue weighted by Crippen LogP contribution is 2.45. The third-order valence-electron chi connectivity index (χ3n) is 14.9. The molecule has 9 aromatic carbocycles. The molecule has 0 radical (unpaired) electrons. The van der Waals surface area contributed by atoms with E-state index in [9.17, 15) is 4.79 Å². The highest BCUT2D eigenvalue weighted by Gasteiger charge is 2.55. The van der Waals surface area contributed by atoms with Gasteiger partial charge in [0.25, 0.3) is 11.8 Å². The second kappa shape index (κ2) is 24.7. The number of hydrogen-bond acceptors (Lipinski definition) is 11. The van der Waals surface area contributed by atoms with E-state index in [1.165, 1.54) is 40.1 Å². The van der Waals surface area contributed by atoms with E-state index < -0.39 is 52.3 Å². The van der Waals surface area contributed by atoms with Crippen LogP contribution in [0.15, 0.2) is 289 Å². The number of β-lactam (4-membered cyclic amide) rings is 1. The minimum absolute atomic E-state index is 0.0208. The predicted molar refractivity (Wildman–Crippen MR) is 327 cm³/mol. The van der Waals surface area contributed by atoms with Gasteiger partial charge in [-0.2, -0.15) is 0 Å². The predicted octanol–water partition coefficient (Wildman–Crippen LogP) is 13.5. The van der Waals surface area contributed by atoms with Crippen molar-refractivity contribution in [2.75, 3.05) is 17.7 Å². The number of carbonyl (C=O) groups excluding carboxylic acids is 3. The van der Waals surface area contributed by atoms with Crippen molar-refractivity contribution in [2.45, 2.75) is 28.7 Å². The number of oxime groups is 1. The normalized spacial score (nSPS) is 15.1. The van der Waals surface area contributed by atoms with Gasteiger partial charge in [0.2, 0.25) is 5.60 Å². The van der Waals surface area contributed by atoms with E-state index in [0.717, 1.165) is 33.4 Å². The summed E-state index contributed by atoms with van der Waals surface area (Å²) in [7, 11) is 0. The maximum absolute atomic E-state index is 15.6. The molecule has 10 aromatic rings. The maximum Gasteiger partial charge on any atom is 0.356 e. The first kappa shape index (κ1) is 54.7. The lowest BCUT2D eigenvalue weighted by atomic mass is 9.77. The van der Waals surface area contributed by atoms with Crippen molar-refractivity contribution in [1.29, 1.82) is 0 Å². The van der Waals surface area contributed by atoms with Crippen molar-refractivity contribution in [2.24, 2.45) is 5.16 Å². The molecule has 2 N–H and O–H groups in total. The largest absolute Gasteiger partial charge is 0.486 e. The molecule has 1 unspecified atom stereocenters. The molecule has 2 amide bonds. The van der Waals surface area contributed by atoms with Crippen LogP contribution >= 0.6 is 23.1 Å². The van der Waals surface area contributed by atoms with Crippen LogP contribution in [0.25, 0.3) is 0 Å². The van der Waals surface area contributed by atoms with Crippen LogP contribution in [0.3, 0.4) is 0 Å². The number of esters is 1. The number of hydrogen-bond donors (Lipinski definition) is 2. The molecule has 1 saturated heterocycles. The summed E-state index contributed by atoms with van der Waals surface area (Å²) in [4.78, 5) is 59.0. The van der Waals surface area contributed by atoms with Gasteiger partial charge in [-0.25, -0.2) is 14.2 Å². The summed E-state index contributed by atoms with van der Waals surface area (Å²) in [5.41, 5.74) is 4.37. The van der Waals surface area contributed by atoms with Gasteiger partial charge >= 0.3 is 5.97 Å². The zero-order valence-electron chi connectivity index (χ0n) is 45.1. The van der Waals surface area contributed by atoms with Gasteiger partial charge in [-0.15, -0.1) is 23.1 Å². The van der Waals surface area contributed by atoms with Gasteiger partial charge in [-0.1, -0.05) is 260 Å². The standard InChI is InChI=1S/C70H54FN5O6S2/c71-57-43-25-26-44-59(57)80-45-50-46-83-66-61(65(78)76(66)62(50)67(79)81-63(48-27-9-1-10-28-48)49-29-11-2-12-30-49)73-64(77)60(75-82-70(54-37-19-6-20-38-54,55-39-21-7-22-40-55)56-41-23-8-24-42-56)58-47-84-68(72-58)74-69(51-31-13-3-14-32-51,52-33-15-4-16-34-52)53-35-17-5-18-36-53/h1-44,47,61,63,66H,45-46H2,(H,72,74)(H,73,77)/t61?,66-/m0/s1. The number of amides is 2. The number of thioether (sulfide) groups is 1. The smallest absolute Gasteiger partial charge is 0.356 e. The molecular weight excluding hydrogens is 1090 g/mol. The molecule has 0 aliphatic carbocycles. The van der Waals surface area contributed by atoms with Gasteiger partial charge in [0.05, 0.1) is 0 Å². The van der Waals surface area contributed by atoms with E-state index in [1.54, 1.807) is 17.5 Å². The average Bonchev–Trinajstić information content (AvgIpc) is 1.90. The van der Waals surface area contributed by atoms with Crippen LogP contribution in [-0.4, -0.2) is 57.2 Å². The number of ether oxygens (including phenoxy) is 2. The average molecular weight is 1140 g/mol. The fraction of sp³-hybridized carbons (Fsp3) is 0.100.